The molecule has 5 heteroatoms. The molecular formula is C8H10Br2ClNO. The number of hydrogen-bond acceptors (Lipinski definition) is 2. The number of halogens is 3. The van der Waals surface area contributed by atoms with Gasteiger partial charge in [-0.2, -0.15) is 0 Å². The maximum absolute atomic E-state index is 8.84. The molecule has 0 aliphatic carbocycles. The van der Waals surface area contributed by atoms with E-state index in [-0.39, 0.29) is 25.1 Å². The summed E-state index contributed by atoms with van der Waals surface area (Å²) in [5.41, 5.74) is 6.57. The van der Waals surface area contributed by atoms with E-state index in [1.54, 1.807) is 0 Å². The van der Waals surface area contributed by atoms with Crippen LogP contribution in [0, 0.1) is 0 Å². The Morgan fingerprint density at radius 2 is 2.00 bits per heavy atom. The number of rotatable bonds is 2. The molecule has 0 unspecified atom stereocenters. The van der Waals surface area contributed by atoms with Crippen molar-refractivity contribution in [2.45, 2.75) is 6.04 Å². The van der Waals surface area contributed by atoms with Gasteiger partial charge in [0.1, 0.15) is 0 Å². The molecule has 2 nitrogen and oxygen atoms in total. The predicted octanol–water partition coefficient (Wildman–Crippen LogP) is 2.63. The maximum Gasteiger partial charge on any atom is 0.0624 e. The lowest BCUT2D eigenvalue weighted by Crippen LogP contribution is -2.14. The van der Waals surface area contributed by atoms with Crippen LogP contribution >= 0.6 is 44.3 Å². The fourth-order valence-electron chi connectivity index (χ4n) is 0.897. The van der Waals surface area contributed by atoms with Crippen LogP contribution in [0.5, 0.6) is 0 Å². The molecule has 0 spiro atoms. The van der Waals surface area contributed by atoms with Crippen molar-refractivity contribution in [3.8, 4) is 0 Å². The quantitative estimate of drug-likeness (QED) is 0.875. The van der Waals surface area contributed by atoms with Gasteiger partial charge in [-0.15, -0.1) is 12.4 Å². The van der Waals surface area contributed by atoms with Gasteiger partial charge in [-0.1, -0.05) is 31.9 Å². The van der Waals surface area contributed by atoms with Crippen molar-refractivity contribution >= 4 is 44.3 Å². The lowest BCUT2D eigenvalue weighted by atomic mass is 10.1. The Hall–Kier alpha value is 0.390. The van der Waals surface area contributed by atoms with E-state index >= 15 is 0 Å². The average Bonchev–Trinajstić information content (AvgIpc) is 2.08. The summed E-state index contributed by atoms with van der Waals surface area (Å²) in [4.78, 5) is 0. The van der Waals surface area contributed by atoms with Crippen molar-refractivity contribution in [2.24, 2.45) is 5.73 Å². The minimum Gasteiger partial charge on any atom is -0.394 e. The zero-order chi connectivity index (χ0) is 9.14. The van der Waals surface area contributed by atoms with Crippen LogP contribution in [-0.4, -0.2) is 11.7 Å². The van der Waals surface area contributed by atoms with E-state index < -0.39 is 0 Å². The Labute approximate surface area is 100 Å². The Balaban J connectivity index is 0.00000144. The predicted molar refractivity (Wildman–Crippen MR) is 63.1 cm³/mol. The molecule has 0 saturated carbocycles. The normalized spacial score (nSPS) is 12.0. The highest BCUT2D eigenvalue weighted by Crippen LogP contribution is 2.25. The Morgan fingerprint density at radius 3 is 2.54 bits per heavy atom. The summed E-state index contributed by atoms with van der Waals surface area (Å²) < 4.78 is 1.89. The third kappa shape index (κ3) is 3.56. The number of hydrogen-bond donors (Lipinski definition) is 2. The molecule has 0 fully saturated rings. The van der Waals surface area contributed by atoms with Crippen LogP contribution in [-0.2, 0) is 0 Å². The maximum atomic E-state index is 8.84. The molecule has 0 aromatic heterocycles. The zero-order valence-corrected chi connectivity index (χ0v) is 10.7. The van der Waals surface area contributed by atoms with Gasteiger partial charge in [-0.05, 0) is 23.8 Å². The van der Waals surface area contributed by atoms with E-state index in [1.165, 1.54) is 0 Å². The van der Waals surface area contributed by atoms with Crippen LogP contribution in [0.4, 0.5) is 0 Å². The van der Waals surface area contributed by atoms with Crippen LogP contribution in [0.25, 0.3) is 0 Å². The van der Waals surface area contributed by atoms with Gasteiger partial charge in [0.25, 0.3) is 0 Å². The Bertz CT molecular complexity index is 283. The van der Waals surface area contributed by atoms with Gasteiger partial charge in [0.05, 0.1) is 12.6 Å². The molecule has 0 aliphatic heterocycles. The summed E-state index contributed by atoms with van der Waals surface area (Å²) >= 11 is 6.70. The first-order valence-electron chi connectivity index (χ1n) is 3.46. The van der Waals surface area contributed by atoms with Crippen LogP contribution in [0.15, 0.2) is 27.1 Å². The Morgan fingerprint density at radius 1 is 1.38 bits per heavy atom. The number of benzene rings is 1. The Kier molecular flexibility index (Phi) is 6.16. The lowest BCUT2D eigenvalue weighted by Gasteiger charge is -2.10. The fourth-order valence-corrected chi connectivity index (χ4v) is 1.82. The second kappa shape index (κ2) is 5.98. The fraction of sp³-hybridized carbons (Fsp3) is 0.250. The van der Waals surface area contributed by atoms with Gasteiger partial charge >= 0.3 is 0 Å². The molecule has 0 heterocycles. The minimum absolute atomic E-state index is 0. The second-order valence-electron chi connectivity index (χ2n) is 2.45. The topological polar surface area (TPSA) is 46.2 Å². The SMILES string of the molecule is Cl.N[C@@H](CO)c1cc(Br)ccc1Br. The summed E-state index contributed by atoms with van der Waals surface area (Å²) in [5.74, 6) is 0. The van der Waals surface area contributed by atoms with Crippen molar-refractivity contribution < 1.29 is 5.11 Å². The van der Waals surface area contributed by atoms with Crippen molar-refractivity contribution in [1.29, 1.82) is 0 Å². The van der Waals surface area contributed by atoms with E-state index in [2.05, 4.69) is 31.9 Å². The standard InChI is InChI=1S/C8H9Br2NO.ClH/c9-5-1-2-7(10)6(3-5)8(11)4-12;/h1-3,8,12H,4,11H2;1H/t8-;/m0./s1. The molecule has 0 saturated heterocycles. The van der Waals surface area contributed by atoms with Gasteiger partial charge in [-0.3, -0.25) is 0 Å². The summed E-state index contributed by atoms with van der Waals surface area (Å²) in [6.07, 6.45) is 0. The lowest BCUT2D eigenvalue weighted by molar-refractivity contribution is 0.267. The van der Waals surface area contributed by atoms with Gasteiger partial charge in [0.2, 0.25) is 0 Å². The first kappa shape index (κ1) is 13.4. The second-order valence-corrected chi connectivity index (χ2v) is 4.22. The molecule has 1 rings (SSSR count). The summed E-state index contributed by atoms with van der Waals surface area (Å²) in [6.45, 7) is -0.0466. The first-order valence-corrected chi connectivity index (χ1v) is 5.05. The van der Waals surface area contributed by atoms with E-state index in [0.29, 0.717) is 0 Å². The molecule has 13 heavy (non-hydrogen) atoms. The van der Waals surface area contributed by atoms with E-state index in [1.807, 2.05) is 18.2 Å². The molecule has 0 amide bonds. The zero-order valence-electron chi connectivity index (χ0n) is 6.71. The first-order chi connectivity index (χ1) is 5.65. The highest BCUT2D eigenvalue weighted by molar-refractivity contribution is 9.11. The van der Waals surface area contributed by atoms with Crippen LogP contribution in [0.1, 0.15) is 11.6 Å². The van der Waals surface area contributed by atoms with Crippen LogP contribution in [0.3, 0.4) is 0 Å². The number of nitrogens with two attached hydrogens (primary N) is 1. The van der Waals surface area contributed by atoms with Crippen molar-refractivity contribution in [3.05, 3.63) is 32.7 Å². The third-order valence-corrected chi connectivity index (χ3v) is 2.77. The van der Waals surface area contributed by atoms with Crippen molar-refractivity contribution in [2.75, 3.05) is 6.61 Å². The van der Waals surface area contributed by atoms with Crippen molar-refractivity contribution in [3.63, 3.8) is 0 Å². The molecular weight excluding hydrogens is 321 g/mol. The molecule has 3 N–H and O–H groups in total. The van der Waals surface area contributed by atoms with Gasteiger partial charge in [0, 0.05) is 8.95 Å². The van der Waals surface area contributed by atoms with E-state index in [4.69, 9.17) is 10.8 Å². The smallest absolute Gasteiger partial charge is 0.0624 e. The van der Waals surface area contributed by atoms with Gasteiger partial charge < -0.3 is 10.8 Å². The van der Waals surface area contributed by atoms with E-state index in [9.17, 15) is 0 Å². The molecule has 0 aliphatic rings. The molecule has 1 aromatic rings. The van der Waals surface area contributed by atoms with Gasteiger partial charge in [-0.25, -0.2) is 0 Å². The third-order valence-electron chi connectivity index (χ3n) is 1.55. The minimum atomic E-state index is -0.322. The van der Waals surface area contributed by atoms with Gasteiger partial charge in [0.15, 0.2) is 0 Å². The number of aliphatic hydroxyl groups is 1. The molecule has 0 radical (unpaired) electrons. The largest absolute Gasteiger partial charge is 0.394 e. The highest BCUT2D eigenvalue weighted by Gasteiger charge is 2.08. The summed E-state index contributed by atoms with van der Waals surface area (Å²) in [5, 5.41) is 8.84. The summed E-state index contributed by atoms with van der Waals surface area (Å²) in [7, 11) is 0. The highest BCUT2D eigenvalue weighted by atomic mass is 79.9. The molecule has 1 atom stereocenters. The van der Waals surface area contributed by atoms with Crippen LogP contribution in [0.2, 0.25) is 0 Å². The monoisotopic (exact) mass is 329 g/mol. The summed E-state index contributed by atoms with van der Waals surface area (Å²) in [6, 6.07) is 5.38. The molecule has 1 aromatic carbocycles. The molecule has 74 valence electrons. The molecule has 0 bridgehead atoms. The average molecular weight is 331 g/mol. The van der Waals surface area contributed by atoms with Crippen molar-refractivity contribution in [1.82, 2.24) is 0 Å². The van der Waals surface area contributed by atoms with E-state index in [0.717, 1.165) is 14.5 Å². The van der Waals surface area contributed by atoms with Crippen LogP contribution < -0.4 is 5.73 Å². The number of aliphatic hydroxyl groups excluding tert-OH is 1.